The maximum Gasteiger partial charge on any atom is 0.243 e. The molecular formula is C21H25ClN2O4S. The van der Waals surface area contributed by atoms with Crippen LogP contribution in [0.15, 0.2) is 53.4 Å². The molecule has 0 saturated carbocycles. The first-order valence-electron chi connectivity index (χ1n) is 9.54. The van der Waals surface area contributed by atoms with Crippen LogP contribution in [-0.4, -0.2) is 45.4 Å². The van der Waals surface area contributed by atoms with E-state index in [4.69, 9.17) is 16.3 Å². The van der Waals surface area contributed by atoms with Gasteiger partial charge in [-0.15, -0.1) is 0 Å². The highest BCUT2D eigenvalue weighted by atomic mass is 35.5. The van der Waals surface area contributed by atoms with Crippen molar-refractivity contribution in [2.45, 2.75) is 24.2 Å². The van der Waals surface area contributed by atoms with Crippen molar-refractivity contribution in [2.24, 2.45) is 5.92 Å². The summed E-state index contributed by atoms with van der Waals surface area (Å²) in [5.41, 5.74) is 0.834. The van der Waals surface area contributed by atoms with E-state index in [0.29, 0.717) is 17.3 Å². The molecule has 0 bridgehead atoms. The minimum atomic E-state index is -3.75. The van der Waals surface area contributed by atoms with Gasteiger partial charge in [0.2, 0.25) is 15.9 Å². The van der Waals surface area contributed by atoms with Crippen molar-refractivity contribution in [3.05, 3.63) is 59.1 Å². The Bertz CT molecular complexity index is 963. The molecule has 1 aliphatic rings. The van der Waals surface area contributed by atoms with Crippen LogP contribution in [0.1, 0.15) is 24.8 Å². The fraction of sp³-hybridized carbons (Fsp3) is 0.381. The number of carbonyl (C=O) groups excluding carboxylic acids is 1. The zero-order valence-corrected chi connectivity index (χ0v) is 18.0. The summed E-state index contributed by atoms with van der Waals surface area (Å²) in [4.78, 5) is 13.0. The number of halogens is 1. The number of nitrogens with one attached hydrogen (secondary N) is 1. The van der Waals surface area contributed by atoms with Gasteiger partial charge in [-0.25, -0.2) is 8.42 Å². The molecule has 2 atom stereocenters. The van der Waals surface area contributed by atoms with E-state index in [0.717, 1.165) is 12.0 Å². The number of benzene rings is 2. The second-order valence-electron chi connectivity index (χ2n) is 7.02. The quantitative estimate of drug-likeness (QED) is 0.722. The molecule has 1 fully saturated rings. The first-order valence-corrected chi connectivity index (χ1v) is 11.4. The molecule has 0 radical (unpaired) electrons. The summed E-state index contributed by atoms with van der Waals surface area (Å²) in [6.07, 6.45) is 0.810. The van der Waals surface area contributed by atoms with Crippen LogP contribution in [-0.2, 0) is 14.8 Å². The zero-order valence-electron chi connectivity index (χ0n) is 16.5. The van der Waals surface area contributed by atoms with Gasteiger partial charge in [-0.3, -0.25) is 4.79 Å². The maximum atomic E-state index is 13.2. The van der Waals surface area contributed by atoms with E-state index in [1.807, 2.05) is 31.2 Å². The Morgan fingerprint density at radius 3 is 2.52 bits per heavy atom. The van der Waals surface area contributed by atoms with E-state index in [2.05, 4.69) is 5.32 Å². The molecule has 156 valence electrons. The Balaban J connectivity index is 1.96. The number of sulfonamides is 1. The predicted octanol–water partition coefficient (Wildman–Crippen LogP) is 3.28. The number of amides is 1. The summed E-state index contributed by atoms with van der Waals surface area (Å²) < 4.78 is 33.2. The summed E-state index contributed by atoms with van der Waals surface area (Å²) in [6.45, 7) is 2.85. The van der Waals surface area contributed by atoms with Crippen LogP contribution in [0.3, 0.4) is 0 Å². The molecule has 6 nitrogen and oxygen atoms in total. The number of hydrogen-bond donors (Lipinski definition) is 1. The van der Waals surface area contributed by atoms with Gasteiger partial charge in [0.1, 0.15) is 5.75 Å². The molecule has 1 saturated heterocycles. The molecule has 0 aliphatic carbocycles. The van der Waals surface area contributed by atoms with Crippen molar-refractivity contribution < 1.29 is 17.9 Å². The molecule has 3 rings (SSSR count). The number of methoxy groups -OCH3 is 1. The zero-order chi connectivity index (χ0) is 21.0. The summed E-state index contributed by atoms with van der Waals surface area (Å²) >= 11 is 5.90. The van der Waals surface area contributed by atoms with Gasteiger partial charge in [0.05, 0.1) is 17.9 Å². The minimum Gasteiger partial charge on any atom is -0.496 e. The predicted molar refractivity (Wildman–Crippen MR) is 113 cm³/mol. The van der Waals surface area contributed by atoms with Crippen LogP contribution in [0.4, 0.5) is 0 Å². The number of rotatable bonds is 7. The topological polar surface area (TPSA) is 75.7 Å². The largest absolute Gasteiger partial charge is 0.496 e. The van der Waals surface area contributed by atoms with Crippen molar-refractivity contribution in [3.63, 3.8) is 0 Å². The molecule has 2 aromatic carbocycles. The first-order chi connectivity index (χ1) is 13.9. The van der Waals surface area contributed by atoms with Crippen LogP contribution < -0.4 is 10.1 Å². The van der Waals surface area contributed by atoms with Crippen molar-refractivity contribution >= 4 is 27.5 Å². The van der Waals surface area contributed by atoms with Crippen molar-refractivity contribution in [1.29, 1.82) is 0 Å². The lowest BCUT2D eigenvalue weighted by Crippen LogP contribution is -2.36. The maximum absolute atomic E-state index is 13.2. The van der Waals surface area contributed by atoms with Gasteiger partial charge >= 0.3 is 0 Å². The fourth-order valence-corrected chi connectivity index (χ4v) is 5.27. The lowest BCUT2D eigenvalue weighted by molar-refractivity contribution is -0.124. The van der Waals surface area contributed by atoms with E-state index in [-0.39, 0.29) is 29.8 Å². The van der Waals surface area contributed by atoms with Gasteiger partial charge in [0.25, 0.3) is 0 Å². The Morgan fingerprint density at radius 1 is 1.17 bits per heavy atom. The molecule has 1 amide bonds. The van der Waals surface area contributed by atoms with Gasteiger partial charge in [-0.2, -0.15) is 4.31 Å². The lowest BCUT2D eigenvalue weighted by atomic mass is 9.87. The van der Waals surface area contributed by atoms with Crippen molar-refractivity contribution in [3.8, 4) is 5.75 Å². The second kappa shape index (κ2) is 9.15. The summed E-state index contributed by atoms with van der Waals surface area (Å²) in [5.74, 6) is -0.293. The third-order valence-corrected chi connectivity index (χ3v) is 7.26. The number of nitrogens with zero attached hydrogens (tertiary/aromatic N) is 1. The van der Waals surface area contributed by atoms with Gasteiger partial charge in [-0.05, 0) is 42.3 Å². The van der Waals surface area contributed by atoms with Gasteiger partial charge in [0.15, 0.2) is 0 Å². The van der Waals surface area contributed by atoms with E-state index in [9.17, 15) is 13.2 Å². The highest BCUT2D eigenvalue weighted by Gasteiger charge is 2.44. The average Bonchev–Trinajstić information content (AvgIpc) is 3.18. The standard InChI is InChI=1S/C21H25ClN2O4S/c1-3-12-23-21(25)19-14-24(29(26,27)16-10-8-15(22)9-11-16)13-18(19)17-6-4-5-7-20(17)28-2/h4-11,18-19H,3,12-14H2,1-2H3,(H,23,25). The fourth-order valence-electron chi connectivity index (χ4n) is 3.65. The normalized spacial score (nSPS) is 19.8. The summed E-state index contributed by atoms with van der Waals surface area (Å²) in [5, 5.41) is 3.38. The van der Waals surface area contributed by atoms with Crippen molar-refractivity contribution in [1.82, 2.24) is 9.62 Å². The smallest absolute Gasteiger partial charge is 0.243 e. The summed E-state index contributed by atoms with van der Waals surface area (Å²) in [7, 11) is -2.18. The Kier molecular flexibility index (Phi) is 6.82. The Morgan fingerprint density at radius 2 is 1.86 bits per heavy atom. The van der Waals surface area contributed by atoms with Crippen LogP contribution in [0.25, 0.3) is 0 Å². The Hall–Kier alpha value is -2.09. The molecule has 2 aromatic rings. The van der Waals surface area contributed by atoms with Crippen LogP contribution in [0.5, 0.6) is 5.75 Å². The highest BCUT2D eigenvalue weighted by molar-refractivity contribution is 7.89. The third-order valence-electron chi connectivity index (χ3n) is 5.16. The van der Waals surface area contributed by atoms with Crippen LogP contribution in [0, 0.1) is 5.92 Å². The molecule has 0 aromatic heterocycles. The number of para-hydroxylation sites is 1. The average molecular weight is 437 g/mol. The number of hydrogen-bond acceptors (Lipinski definition) is 4. The first kappa shape index (κ1) is 21.6. The molecule has 2 unspecified atom stereocenters. The van der Waals surface area contributed by atoms with Crippen LogP contribution >= 0.6 is 11.6 Å². The molecular weight excluding hydrogens is 412 g/mol. The second-order valence-corrected chi connectivity index (χ2v) is 9.40. The SMILES string of the molecule is CCCNC(=O)C1CN(S(=O)(=O)c2ccc(Cl)cc2)CC1c1ccccc1OC. The molecule has 1 heterocycles. The van der Waals surface area contributed by atoms with Gasteiger partial charge in [-0.1, -0.05) is 36.7 Å². The molecule has 1 aliphatic heterocycles. The van der Waals surface area contributed by atoms with E-state index in [1.54, 1.807) is 19.2 Å². The van der Waals surface area contributed by atoms with E-state index < -0.39 is 15.9 Å². The molecule has 1 N–H and O–H groups in total. The number of carbonyl (C=O) groups is 1. The highest BCUT2D eigenvalue weighted by Crippen LogP contribution is 2.39. The van der Waals surface area contributed by atoms with E-state index >= 15 is 0 Å². The van der Waals surface area contributed by atoms with Crippen molar-refractivity contribution in [2.75, 3.05) is 26.7 Å². The van der Waals surface area contributed by atoms with Gasteiger partial charge in [0, 0.05) is 30.6 Å². The van der Waals surface area contributed by atoms with Crippen LogP contribution in [0.2, 0.25) is 5.02 Å². The molecule has 29 heavy (non-hydrogen) atoms. The molecule has 8 heteroatoms. The monoisotopic (exact) mass is 436 g/mol. The Labute approximate surface area is 176 Å². The minimum absolute atomic E-state index is 0.114. The van der Waals surface area contributed by atoms with Gasteiger partial charge < -0.3 is 10.1 Å². The lowest BCUT2D eigenvalue weighted by Gasteiger charge is -2.20. The summed E-state index contributed by atoms with van der Waals surface area (Å²) in [6, 6.07) is 13.5. The van der Waals surface area contributed by atoms with E-state index in [1.165, 1.54) is 16.4 Å². The molecule has 0 spiro atoms. The number of ether oxygens (including phenoxy) is 1. The third kappa shape index (κ3) is 4.57.